The summed E-state index contributed by atoms with van der Waals surface area (Å²) in [7, 11) is 1.57. The van der Waals surface area contributed by atoms with Crippen LogP contribution in [0.2, 0.25) is 0 Å². The quantitative estimate of drug-likeness (QED) is 0.672. The van der Waals surface area contributed by atoms with E-state index >= 15 is 0 Å². The van der Waals surface area contributed by atoms with Crippen LogP contribution in [-0.4, -0.2) is 34.6 Å². The van der Waals surface area contributed by atoms with Crippen molar-refractivity contribution in [3.05, 3.63) is 65.6 Å². The first-order chi connectivity index (χ1) is 13.5. The molecule has 1 aliphatic heterocycles. The van der Waals surface area contributed by atoms with Crippen LogP contribution in [0.15, 0.2) is 47.0 Å². The standard InChI is InChI=1S/C20H17F2N3O3/c1-27-17-4-2-3-13(7-17)19-23-20(28-24-19)14-8-18(26)25(11-14)10-12-5-15(21)9-16(22)6-12/h2-7,9,14H,8,10-11H2,1H3. The van der Waals surface area contributed by atoms with Crippen molar-refractivity contribution in [3.8, 4) is 17.1 Å². The maximum atomic E-state index is 13.4. The molecule has 1 amide bonds. The molecule has 0 N–H and O–H groups in total. The Labute approximate surface area is 159 Å². The molecule has 144 valence electrons. The van der Waals surface area contributed by atoms with E-state index in [4.69, 9.17) is 9.26 Å². The largest absolute Gasteiger partial charge is 0.497 e. The Bertz CT molecular complexity index is 1000. The minimum Gasteiger partial charge on any atom is -0.497 e. The van der Waals surface area contributed by atoms with E-state index in [-0.39, 0.29) is 24.8 Å². The van der Waals surface area contributed by atoms with Crippen LogP contribution in [0.25, 0.3) is 11.4 Å². The zero-order valence-corrected chi connectivity index (χ0v) is 15.1. The molecule has 1 aromatic heterocycles. The number of rotatable bonds is 5. The molecular weight excluding hydrogens is 368 g/mol. The summed E-state index contributed by atoms with van der Waals surface area (Å²) >= 11 is 0. The van der Waals surface area contributed by atoms with Crippen LogP contribution in [0.1, 0.15) is 23.8 Å². The predicted octanol–water partition coefficient (Wildman–Crippen LogP) is 3.54. The first-order valence-electron chi connectivity index (χ1n) is 8.72. The van der Waals surface area contributed by atoms with Crippen molar-refractivity contribution < 1.29 is 22.8 Å². The van der Waals surface area contributed by atoms with Gasteiger partial charge >= 0.3 is 0 Å². The number of amides is 1. The van der Waals surface area contributed by atoms with Crippen molar-refractivity contribution >= 4 is 5.91 Å². The second-order valence-corrected chi connectivity index (χ2v) is 6.64. The number of methoxy groups -OCH3 is 1. The van der Waals surface area contributed by atoms with E-state index in [1.54, 1.807) is 13.2 Å². The van der Waals surface area contributed by atoms with E-state index in [0.717, 1.165) is 11.6 Å². The van der Waals surface area contributed by atoms with Gasteiger partial charge in [0.15, 0.2) is 0 Å². The predicted molar refractivity (Wildman–Crippen MR) is 95.4 cm³/mol. The van der Waals surface area contributed by atoms with Gasteiger partial charge in [0.25, 0.3) is 0 Å². The Morgan fingerprint density at radius 1 is 1.21 bits per heavy atom. The molecule has 1 saturated heterocycles. The van der Waals surface area contributed by atoms with Crippen molar-refractivity contribution in [1.82, 2.24) is 15.0 Å². The number of hydrogen-bond donors (Lipinski definition) is 0. The molecule has 1 aliphatic rings. The highest BCUT2D eigenvalue weighted by Crippen LogP contribution is 2.30. The maximum absolute atomic E-state index is 13.4. The lowest BCUT2D eigenvalue weighted by Gasteiger charge is -2.16. The van der Waals surface area contributed by atoms with Gasteiger partial charge in [-0.05, 0) is 29.8 Å². The fraction of sp³-hybridized carbons (Fsp3) is 0.250. The number of carbonyl (C=O) groups is 1. The minimum absolute atomic E-state index is 0.126. The molecule has 1 atom stereocenters. The number of benzene rings is 2. The molecule has 0 radical (unpaired) electrons. The third kappa shape index (κ3) is 3.71. The van der Waals surface area contributed by atoms with Crippen molar-refractivity contribution in [2.75, 3.05) is 13.7 Å². The molecule has 0 saturated carbocycles. The number of halogens is 2. The molecule has 6 nitrogen and oxygen atoms in total. The molecule has 28 heavy (non-hydrogen) atoms. The number of ether oxygens (including phenoxy) is 1. The topological polar surface area (TPSA) is 68.5 Å². The summed E-state index contributed by atoms with van der Waals surface area (Å²) in [5.74, 6) is -0.288. The molecule has 3 aromatic rings. The third-order valence-electron chi connectivity index (χ3n) is 4.63. The summed E-state index contributed by atoms with van der Waals surface area (Å²) in [6.07, 6.45) is 0.206. The molecule has 2 heterocycles. The number of nitrogens with zero attached hydrogens (tertiary/aromatic N) is 3. The lowest BCUT2D eigenvalue weighted by Crippen LogP contribution is -2.24. The van der Waals surface area contributed by atoms with Crippen LogP contribution in [0.3, 0.4) is 0 Å². The summed E-state index contributed by atoms with van der Waals surface area (Å²) in [6.45, 7) is 0.470. The van der Waals surface area contributed by atoms with Crippen LogP contribution in [0.5, 0.6) is 5.75 Å². The van der Waals surface area contributed by atoms with E-state index in [9.17, 15) is 13.6 Å². The average molecular weight is 385 g/mol. The van der Waals surface area contributed by atoms with Crippen LogP contribution in [0.4, 0.5) is 8.78 Å². The smallest absolute Gasteiger partial charge is 0.232 e. The number of aromatic nitrogens is 2. The summed E-state index contributed by atoms with van der Waals surface area (Å²) in [5, 5.41) is 3.99. The van der Waals surface area contributed by atoms with Gasteiger partial charge < -0.3 is 14.2 Å². The highest BCUT2D eigenvalue weighted by molar-refractivity contribution is 5.79. The molecule has 1 unspecified atom stereocenters. The molecule has 0 bridgehead atoms. The minimum atomic E-state index is -0.668. The monoisotopic (exact) mass is 385 g/mol. The van der Waals surface area contributed by atoms with Crippen molar-refractivity contribution in [3.63, 3.8) is 0 Å². The van der Waals surface area contributed by atoms with Gasteiger partial charge in [-0.3, -0.25) is 4.79 Å². The van der Waals surface area contributed by atoms with Gasteiger partial charge in [0.2, 0.25) is 17.6 Å². The maximum Gasteiger partial charge on any atom is 0.232 e. The fourth-order valence-corrected chi connectivity index (χ4v) is 3.29. The lowest BCUT2D eigenvalue weighted by atomic mass is 10.1. The number of likely N-dealkylation sites (tertiary alicyclic amines) is 1. The van der Waals surface area contributed by atoms with E-state index in [1.807, 2.05) is 18.2 Å². The van der Waals surface area contributed by atoms with Gasteiger partial charge in [-0.1, -0.05) is 17.3 Å². The van der Waals surface area contributed by atoms with Gasteiger partial charge in [-0.2, -0.15) is 4.98 Å². The second kappa shape index (κ2) is 7.38. The lowest BCUT2D eigenvalue weighted by molar-refractivity contribution is -0.128. The fourth-order valence-electron chi connectivity index (χ4n) is 3.29. The Kier molecular flexibility index (Phi) is 4.77. The van der Waals surface area contributed by atoms with Crippen molar-refractivity contribution in [2.24, 2.45) is 0 Å². The van der Waals surface area contributed by atoms with E-state index in [2.05, 4.69) is 10.1 Å². The second-order valence-electron chi connectivity index (χ2n) is 6.64. The summed E-state index contributed by atoms with van der Waals surface area (Å²) in [4.78, 5) is 18.3. The molecular formula is C20H17F2N3O3. The Hall–Kier alpha value is -3.29. The van der Waals surface area contributed by atoms with Crippen molar-refractivity contribution in [1.29, 1.82) is 0 Å². The van der Waals surface area contributed by atoms with Gasteiger partial charge in [-0.15, -0.1) is 0 Å². The molecule has 4 rings (SSSR count). The Morgan fingerprint density at radius 3 is 2.75 bits per heavy atom. The Balaban J connectivity index is 1.49. The molecule has 8 heteroatoms. The van der Waals surface area contributed by atoms with Crippen LogP contribution >= 0.6 is 0 Å². The van der Waals surface area contributed by atoms with E-state index < -0.39 is 11.6 Å². The first kappa shape index (κ1) is 18.1. The average Bonchev–Trinajstić information content (AvgIpc) is 3.28. The SMILES string of the molecule is COc1cccc(-c2noc(C3CC(=O)N(Cc4cc(F)cc(F)c4)C3)n2)c1. The van der Waals surface area contributed by atoms with Gasteiger partial charge in [0.05, 0.1) is 13.0 Å². The van der Waals surface area contributed by atoms with E-state index in [0.29, 0.717) is 29.6 Å². The van der Waals surface area contributed by atoms with E-state index in [1.165, 1.54) is 17.0 Å². The zero-order valence-electron chi connectivity index (χ0n) is 15.1. The van der Waals surface area contributed by atoms with Crippen LogP contribution in [0, 0.1) is 11.6 Å². The van der Waals surface area contributed by atoms with Crippen LogP contribution < -0.4 is 4.74 Å². The number of hydrogen-bond acceptors (Lipinski definition) is 5. The number of carbonyl (C=O) groups excluding carboxylic acids is 1. The first-order valence-corrected chi connectivity index (χ1v) is 8.72. The van der Waals surface area contributed by atoms with Crippen molar-refractivity contribution in [2.45, 2.75) is 18.9 Å². The molecule has 2 aromatic carbocycles. The molecule has 0 aliphatic carbocycles. The van der Waals surface area contributed by atoms with Crippen LogP contribution in [-0.2, 0) is 11.3 Å². The van der Waals surface area contributed by atoms with Gasteiger partial charge in [-0.25, -0.2) is 8.78 Å². The van der Waals surface area contributed by atoms with Gasteiger partial charge in [0.1, 0.15) is 17.4 Å². The molecule has 1 fully saturated rings. The third-order valence-corrected chi connectivity index (χ3v) is 4.63. The highest BCUT2D eigenvalue weighted by atomic mass is 19.1. The highest BCUT2D eigenvalue weighted by Gasteiger charge is 2.34. The normalized spacial score (nSPS) is 16.6. The molecule has 0 spiro atoms. The Morgan fingerprint density at radius 2 is 2.00 bits per heavy atom. The zero-order chi connectivity index (χ0) is 19.7. The summed E-state index contributed by atoms with van der Waals surface area (Å²) in [6, 6.07) is 10.5. The summed E-state index contributed by atoms with van der Waals surface area (Å²) in [5.41, 5.74) is 1.14. The van der Waals surface area contributed by atoms with Gasteiger partial charge in [0, 0.05) is 31.1 Å². The summed E-state index contributed by atoms with van der Waals surface area (Å²) < 4.78 is 37.3.